The number of amides is 1. The number of fused-ring (bicyclic) bond motifs is 1. The van der Waals surface area contributed by atoms with Crippen LogP contribution in [0.2, 0.25) is 0 Å². The van der Waals surface area contributed by atoms with Gasteiger partial charge in [-0.05, 0) is 17.7 Å². The molecule has 0 radical (unpaired) electrons. The van der Waals surface area contributed by atoms with Crippen molar-refractivity contribution in [2.75, 3.05) is 7.05 Å². The van der Waals surface area contributed by atoms with Crippen molar-refractivity contribution in [1.29, 1.82) is 0 Å². The number of carbonyl (C=O) groups is 1. The maximum Gasteiger partial charge on any atom is 0.257 e. The standard InChI is InChI=1S/C10H13N5O/c1-15(12)10(16)9(11)6-2-3-7-8(4-6)14-5-13-7/h2-5,9H,11-12H2,1H3,(H,13,14). The van der Waals surface area contributed by atoms with Crippen molar-refractivity contribution in [2.24, 2.45) is 11.6 Å². The number of nitrogens with two attached hydrogens (primary N) is 2. The van der Waals surface area contributed by atoms with E-state index >= 15 is 0 Å². The first kappa shape index (κ1) is 10.6. The van der Waals surface area contributed by atoms with Crippen molar-refractivity contribution < 1.29 is 4.79 Å². The summed E-state index contributed by atoms with van der Waals surface area (Å²) in [4.78, 5) is 18.6. The van der Waals surface area contributed by atoms with E-state index in [1.807, 2.05) is 6.07 Å². The lowest BCUT2D eigenvalue weighted by molar-refractivity contribution is -0.131. The number of hydrazine groups is 1. The zero-order valence-electron chi connectivity index (χ0n) is 8.84. The number of imidazole rings is 1. The summed E-state index contributed by atoms with van der Waals surface area (Å²) in [5.41, 5.74) is 8.19. The maximum atomic E-state index is 11.6. The third-order valence-corrected chi connectivity index (χ3v) is 2.42. The van der Waals surface area contributed by atoms with Crippen LogP contribution in [0.15, 0.2) is 24.5 Å². The summed E-state index contributed by atoms with van der Waals surface area (Å²) in [6, 6.07) is 4.64. The number of carbonyl (C=O) groups excluding carboxylic acids is 1. The SMILES string of the molecule is CN(N)C(=O)C(N)c1ccc2nc[nH]c2c1. The molecule has 5 N–H and O–H groups in total. The Bertz CT molecular complexity index is 519. The predicted molar refractivity (Wildman–Crippen MR) is 60.0 cm³/mol. The van der Waals surface area contributed by atoms with Gasteiger partial charge in [0.1, 0.15) is 6.04 Å². The number of nitrogens with one attached hydrogen (secondary N) is 1. The highest BCUT2D eigenvalue weighted by atomic mass is 16.2. The number of H-pyrrole nitrogens is 1. The van der Waals surface area contributed by atoms with Crippen molar-refractivity contribution in [1.82, 2.24) is 15.0 Å². The van der Waals surface area contributed by atoms with Gasteiger partial charge in [-0.15, -0.1) is 0 Å². The van der Waals surface area contributed by atoms with Crippen LogP contribution in [0.4, 0.5) is 0 Å². The summed E-state index contributed by atoms with van der Waals surface area (Å²) in [6.45, 7) is 0. The van der Waals surface area contributed by atoms with E-state index in [0.717, 1.165) is 16.0 Å². The maximum absolute atomic E-state index is 11.6. The summed E-state index contributed by atoms with van der Waals surface area (Å²) in [5, 5.41) is 0.988. The summed E-state index contributed by atoms with van der Waals surface area (Å²) in [6.07, 6.45) is 1.59. The Hall–Kier alpha value is -1.92. The number of hydrogen-bond acceptors (Lipinski definition) is 4. The lowest BCUT2D eigenvalue weighted by Crippen LogP contribution is -2.40. The minimum Gasteiger partial charge on any atom is -0.345 e. The highest BCUT2D eigenvalue weighted by molar-refractivity contribution is 5.84. The molecule has 2 aromatic rings. The summed E-state index contributed by atoms with van der Waals surface area (Å²) in [5.74, 6) is 5.02. The molecule has 1 unspecified atom stereocenters. The lowest BCUT2D eigenvalue weighted by Gasteiger charge is -2.16. The molecule has 1 aromatic heterocycles. The molecule has 16 heavy (non-hydrogen) atoms. The van der Waals surface area contributed by atoms with E-state index in [9.17, 15) is 4.79 Å². The highest BCUT2D eigenvalue weighted by Crippen LogP contribution is 2.17. The Morgan fingerprint density at radius 2 is 2.31 bits per heavy atom. The molecule has 0 bridgehead atoms. The van der Waals surface area contributed by atoms with Crippen LogP contribution < -0.4 is 11.6 Å². The fraction of sp³-hybridized carbons (Fsp3) is 0.200. The third kappa shape index (κ3) is 1.75. The zero-order valence-corrected chi connectivity index (χ0v) is 8.84. The first-order chi connectivity index (χ1) is 7.59. The normalized spacial score (nSPS) is 12.7. The molecule has 1 atom stereocenters. The largest absolute Gasteiger partial charge is 0.345 e. The Labute approximate surface area is 92.2 Å². The molecule has 0 saturated heterocycles. The predicted octanol–water partition coefficient (Wildman–Crippen LogP) is -0.105. The Balaban J connectivity index is 2.35. The molecule has 6 heteroatoms. The molecule has 84 valence electrons. The van der Waals surface area contributed by atoms with Crippen LogP contribution in [0.1, 0.15) is 11.6 Å². The molecule has 1 amide bonds. The van der Waals surface area contributed by atoms with E-state index in [1.54, 1.807) is 18.5 Å². The zero-order chi connectivity index (χ0) is 11.7. The van der Waals surface area contributed by atoms with Gasteiger partial charge in [0.05, 0.1) is 17.4 Å². The average molecular weight is 219 g/mol. The van der Waals surface area contributed by atoms with Crippen LogP contribution in [0.5, 0.6) is 0 Å². The van der Waals surface area contributed by atoms with Gasteiger partial charge >= 0.3 is 0 Å². The van der Waals surface area contributed by atoms with Gasteiger partial charge in [-0.3, -0.25) is 9.80 Å². The first-order valence-corrected chi connectivity index (χ1v) is 4.80. The van der Waals surface area contributed by atoms with E-state index in [4.69, 9.17) is 11.6 Å². The molecule has 0 spiro atoms. The van der Waals surface area contributed by atoms with Gasteiger partial charge in [-0.1, -0.05) is 6.07 Å². The Morgan fingerprint density at radius 3 is 3.00 bits per heavy atom. The molecule has 6 nitrogen and oxygen atoms in total. The number of rotatable bonds is 2. The Morgan fingerprint density at radius 1 is 1.56 bits per heavy atom. The van der Waals surface area contributed by atoms with Crippen molar-refractivity contribution in [2.45, 2.75) is 6.04 Å². The van der Waals surface area contributed by atoms with E-state index in [1.165, 1.54) is 7.05 Å². The molecular weight excluding hydrogens is 206 g/mol. The van der Waals surface area contributed by atoms with Gasteiger partial charge in [0.15, 0.2) is 0 Å². The quantitative estimate of drug-likeness (QED) is 0.373. The van der Waals surface area contributed by atoms with Crippen LogP contribution in [-0.4, -0.2) is 27.9 Å². The van der Waals surface area contributed by atoms with E-state index < -0.39 is 6.04 Å². The summed E-state index contributed by atoms with van der Waals surface area (Å²) in [7, 11) is 1.47. The van der Waals surface area contributed by atoms with Gasteiger partial charge in [0, 0.05) is 7.05 Å². The van der Waals surface area contributed by atoms with Gasteiger partial charge < -0.3 is 10.7 Å². The second-order valence-corrected chi connectivity index (χ2v) is 3.61. The highest BCUT2D eigenvalue weighted by Gasteiger charge is 2.18. The number of aromatic amines is 1. The summed E-state index contributed by atoms with van der Waals surface area (Å²) >= 11 is 0. The first-order valence-electron chi connectivity index (χ1n) is 4.80. The molecule has 0 fully saturated rings. The van der Waals surface area contributed by atoms with Gasteiger partial charge in [-0.25, -0.2) is 10.8 Å². The van der Waals surface area contributed by atoms with Crippen molar-refractivity contribution in [3.63, 3.8) is 0 Å². The van der Waals surface area contributed by atoms with Gasteiger partial charge in [-0.2, -0.15) is 0 Å². The topological polar surface area (TPSA) is 101 Å². The molecule has 2 rings (SSSR count). The van der Waals surface area contributed by atoms with Gasteiger partial charge in [0.25, 0.3) is 5.91 Å². The second kappa shape index (κ2) is 3.92. The van der Waals surface area contributed by atoms with Crippen LogP contribution >= 0.6 is 0 Å². The molecular formula is C10H13N5O. The molecule has 0 saturated carbocycles. The average Bonchev–Trinajstić information content (AvgIpc) is 2.73. The van der Waals surface area contributed by atoms with Crippen LogP contribution in [0.3, 0.4) is 0 Å². The second-order valence-electron chi connectivity index (χ2n) is 3.61. The number of hydrogen-bond donors (Lipinski definition) is 3. The minimum absolute atomic E-state index is 0.334. The summed E-state index contributed by atoms with van der Waals surface area (Å²) < 4.78 is 0. The van der Waals surface area contributed by atoms with E-state index in [0.29, 0.717) is 5.56 Å². The molecule has 1 aromatic carbocycles. The smallest absolute Gasteiger partial charge is 0.257 e. The van der Waals surface area contributed by atoms with Crippen molar-refractivity contribution >= 4 is 16.9 Å². The van der Waals surface area contributed by atoms with Crippen LogP contribution in [-0.2, 0) is 4.79 Å². The van der Waals surface area contributed by atoms with E-state index in [2.05, 4.69) is 9.97 Å². The van der Waals surface area contributed by atoms with Gasteiger partial charge in [0.2, 0.25) is 0 Å². The molecule has 1 heterocycles. The number of likely N-dealkylation sites (N-methyl/N-ethyl adjacent to an activating group) is 1. The van der Waals surface area contributed by atoms with Crippen molar-refractivity contribution in [3.8, 4) is 0 Å². The molecule has 0 aliphatic carbocycles. The number of nitrogens with zero attached hydrogens (tertiary/aromatic N) is 2. The minimum atomic E-state index is -0.748. The van der Waals surface area contributed by atoms with Crippen LogP contribution in [0.25, 0.3) is 11.0 Å². The van der Waals surface area contributed by atoms with Crippen molar-refractivity contribution in [3.05, 3.63) is 30.1 Å². The molecule has 0 aliphatic rings. The lowest BCUT2D eigenvalue weighted by atomic mass is 10.1. The molecule has 0 aliphatic heterocycles. The van der Waals surface area contributed by atoms with Crippen LogP contribution in [0, 0.1) is 0 Å². The third-order valence-electron chi connectivity index (χ3n) is 2.42. The fourth-order valence-corrected chi connectivity index (χ4v) is 1.51. The Kier molecular flexibility index (Phi) is 2.59. The monoisotopic (exact) mass is 219 g/mol. The number of aromatic nitrogens is 2. The fourth-order valence-electron chi connectivity index (χ4n) is 1.51. The van der Waals surface area contributed by atoms with E-state index in [-0.39, 0.29) is 5.91 Å². The number of benzene rings is 1.